The number of phenols is 1. The summed E-state index contributed by atoms with van der Waals surface area (Å²) in [7, 11) is 4.32. The molecule has 1 aliphatic rings. The number of nitrogens with zero attached hydrogens (tertiary/aromatic N) is 4. The number of rotatable bonds is 3. The maximum atomic E-state index is 10.5. The second kappa shape index (κ2) is 7.30. The van der Waals surface area contributed by atoms with Crippen molar-refractivity contribution in [2.24, 2.45) is 5.92 Å². The molecule has 1 fully saturated rings. The predicted octanol–water partition coefficient (Wildman–Crippen LogP) is 4.56. The van der Waals surface area contributed by atoms with Gasteiger partial charge in [0.2, 0.25) is 0 Å². The number of phenolic OH excluding ortho intramolecular Hbond substituents is 1. The Hall–Kier alpha value is -2.66. The molecule has 0 saturated carbocycles. The quantitative estimate of drug-likeness (QED) is 0.711. The van der Waals surface area contributed by atoms with E-state index in [2.05, 4.69) is 54.9 Å². The highest BCUT2D eigenvalue weighted by Crippen LogP contribution is 2.36. The summed E-state index contributed by atoms with van der Waals surface area (Å²) in [6.07, 6.45) is 1.10. The Balaban J connectivity index is 1.60. The van der Waals surface area contributed by atoms with Gasteiger partial charge >= 0.3 is 0 Å². The van der Waals surface area contributed by atoms with Crippen molar-refractivity contribution in [1.29, 1.82) is 0 Å². The highest BCUT2D eigenvalue weighted by atomic mass is 16.3. The monoisotopic (exact) mass is 390 g/mol. The fourth-order valence-corrected chi connectivity index (χ4v) is 4.47. The summed E-state index contributed by atoms with van der Waals surface area (Å²) in [5, 5.41) is 21.5. The van der Waals surface area contributed by atoms with Crippen LogP contribution in [0.3, 0.4) is 0 Å². The third-order valence-electron chi connectivity index (χ3n) is 7.08. The van der Waals surface area contributed by atoms with Crippen molar-refractivity contribution in [2.45, 2.75) is 38.8 Å². The van der Waals surface area contributed by atoms with Gasteiger partial charge in [0, 0.05) is 30.7 Å². The summed E-state index contributed by atoms with van der Waals surface area (Å²) >= 11 is 0. The average Bonchev–Trinajstić information content (AvgIpc) is 2.72. The van der Waals surface area contributed by atoms with Crippen LogP contribution in [-0.4, -0.2) is 52.4 Å². The Morgan fingerprint density at radius 3 is 2.41 bits per heavy atom. The van der Waals surface area contributed by atoms with Crippen LogP contribution in [0.5, 0.6) is 5.75 Å². The molecular weight excluding hydrogens is 360 g/mol. The number of aromatic nitrogens is 2. The Kier molecular flexibility index (Phi) is 4.95. The van der Waals surface area contributed by atoms with E-state index in [0.717, 1.165) is 29.6 Å². The van der Waals surface area contributed by atoms with Crippen molar-refractivity contribution in [3.63, 3.8) is 0 Å². The Bertz CT molecular complexity index is 1020. The minimum absolute atomic E-state index is 0.140. The Labute approximate surface area is 173 Å². The van der Waals surface area contributed by atoms with E-state index in [4.69, 9.17) is 0 Å². The molecule has 1 saturated heterocycles. The molecule has 2 unspecified atom stereocenters. The summed E-state index contributed by atoms with van der Waals surface area (Å²) in [4.78, 5) is 4.70. The second-order valence-electron chi connectivity index (χ2n) is 8.82. The first kappa shape index (κ1) is 19.6. The zero-order chi connectivity index (χ0) is 20.8. The molecule has 5 nitrogen and oxygen atoms in total. The van der Waals surface area contributed by atoms with Crippen LogP contribution in [0.2, 0.25) is 0 Å². The van der Waals surface area contributed by atoms with E-state index in [0.29, 0.717) is 23.2 Å². The molecule has 0 amide bonds. The number of aromatic hydroxyl groups is 1. The third-order valence-corrected chi connectivity index (χ3v) is 7.08. The van der Waals surface area contributed by atoms with Crippen LogP contribution in [-0.2, 0) is 0 Å². The lowest BCUT2D eigenvalue weighted by Crippen LogP contribution is -2.59. The summed E-state index contributed by atoms with van der Waals surface area (Å²) in [5.41, 5.74) is 1.53. The van der Waals surface area contributed by atoms with Gasteiger partial charge < -0.3 is 14.9 Å². The van der Waals surface area contributed by atoms with Gasteiger partial charge in [-0.3, -0.25) is 0 Å². The molecule has 2 atom stereocenters. The lowest BCUT2D eigenvalue weighted by molar-refractivity contribution is 0.0391. The van der Waals surface area contributed by atoms with Gasteiger partial charge in [-0.25, -0.2) is 0 Å². The van der Waals surface area contributed by atoms with Crippen molar-refractivity contribution in [3.05, 3.63) is 48.5 Å². The summed E-state index contributed by atoms with van der Waals surface area (Å²) in [5.74, 6) is 1.59. The standard InChI is InChI=1S/C24H30N4O/c1-16-21(12-13-27(4)24(16,2)3)28(5)23-11-10-20(25-26-23)19-14-17-8-6-7-9-18(17)15-22(19)29/h6-11,14-16,21,29H,12-13H2,1-5H3. The van der Waals surface area contributed by atoms with Crippen LogP contribution in [0.25, 0.3) is 22.0 Å². The van der Waals surface area contributed by atoms with Crippen LogP contribution in [0.4, 0.5) is 5.82 Å². The van der Waals surface area contributed by atoms with Crippen molar-refractivity contribution in [1.82, 2.24) is 15.1 Å². The van der Waals surface area contributed by atoms with E-state index < -0.39 is 0 Å². The van der Waals surface area contributed by atoms with Crippen LogP contribution in [0.1, 0.15) is 27.2 Å². The molecule has 152 valence electrons. The number of anilines is 1. The number of benzene rings is 2. The molecule has 5 heteroatoms. The minimum atomic E-state index is 0.140. The van der Waals surface area contributed by atoms with Gasteiger partial charge in [-0.2, -0.15) is 0 Å². The molecular formula is C24H30N4O. The van der Waals surface area contributed by atoms with Crippen molar-refractivity contribution >= 4 is 16.6 Å². The SMILES string of the molecule is CC1C(N(C)c2ccc(-c3cc4ccccc4cc3O)nn2)CCN(C)C1(C)C. The van der Waals surface area contributed by atoms with Crippen molar-refractivity contribution < 1.29 is 5.11 Å². The molecule has 1 aliphatic heterocycles. The maximum absolute atomic E-state index is 10.5. The zero-order valence-electron chi connectivity index (χ0n) is 17.9. The van der Waals surface area contributed by atoms with E-state index in [9.17, 15) is 5.11 Å². The number of hydrogen-bond donors (Lipinski definition) is 1. The van der Waals surface area contributed by atoms with E-state index >= 15 is 0 Å². The van der Waals surface area contributed by atoms with Gasteiger partial charge in [-0.05, 0) is 68.3 Å². The zero-order valence-corrected chi connectivity index (χ0v) is 17.9. The van der Waals surface area contributed by atoms with E-state index in [1.807, 2.05) is 42.5 Å². The van der Waals surface area contributed by atoms with E-state index in [1.165, 1.54) is 0 Å². The molecule has 29 heavy (non-hydrogen) atoms. The molecule has 0 aliphatic carbocycles. The van der Waals surface area contributed by atoms with Gasteiger partial charge in [-0.1, -0.05) is 31.2 Å². The van der Waals surface area contributed by atoms with Crippen LogP contribution in [0, 0.1) is 5.92 Å². The summed E-state index contributed by atoms with van der Waals surface area (Å²) in [6.45, 7) is 8.03. The van der Waals surface area contributed by atoms with Gasteiger partial charge in [-0.15, -0.1) is 10.2 Å². The van der Waals surface area contributed by atoms with E-state index in [-0.39, 0.29) is 11.3 Å². The normalized spacial score (nSPS) is 22.0. The molecule has 0 bridgehead atoms. The number of piperidine rings is 1. The van der Waals surface area contributed by atoms with Crippen molar-refractivity contribution in [3.8, 4) is 17.0 Å². The van der Waals surface area contributed by atoms with Crippen LogP contribution >= 0.6 is 0 Å². The maximum Gasteiger partial charge on any atom is 0.151 e. The van der Waals surface area contributed by atoms with Gasteiger partial charge in [0.15, 0.2) is 5.82 Å². The number of likely N-dealkylation sites (tertiary alicyclic amines) is 1. The first-order valence-corrected chi connectivity index (χ1v) is 10.3. The van der Waals surface area contributed by atoms with Crippen LogP contribution in [0.15, 0.2) is 48.5 Å². The topological polar surface area (TPSA) is 52.5 Å². The molecule has 1 aromatic heterocycles. The molecule has 4 rings (SSSR count). The van der Waals surface area contributed by atoms with Gasteiger partial charge in [0.1, 0.15) is 5.75 Å². The largest absolute Gasteiger partial charge is 0.507 e. The van der Waals surface area contributed by atoms with Gasteiger partial charge in [0.25, 0.3) is 0 Å². The summed E-state index contributed by atoms with van der Waals surface area (Å²) < 4.78 is 0. The first-order valence-electron chi connectivity index (χ1n) is 10.3. The number of hydrogen-bond acceptors (Lipinski definition) is 5. The van der Waals surface area contributed by atoms with Gasteiger partial charge in [0.05, 0.1) is 5.69 Å². The lowest BCUT2D eigenvalue weighted by Gasteiger charge is -2.51. The Morgan fingerprint density at radius 1 is 1.07 bits per heavy atom. The fourth-order valence-electron chi connectivity index (χ4n) is 4.47. The Morgan fingerprint density at radius 2 is 1.76 bits per heavy atom. The van der Waals surface area contributed by atoms with E-state index in [1.54, 1.807) is 6.07 Å². The first-order chi connectivity index (χ1) is 13.8. The fraction of sp³-hybridized carbons (Fsp3) is 0.417. The molecule has 3 aromatic rings. The molecule has 0 radical (unpaired) electrons. The lowest BCUT2D eigenvalue weighted by atomic mass is 9.77. The third kappa shape index (κ3) is 3.44. The number of fused-ring (bicyclic) bond motifs is 1. The van der Waals surface area contributed by atoms with Crippen molar-refractivity contribution in [2.75, 3.05) is 25.5 Å². The summed E-state index contributed by atoms with van der Waals surface area (Å²) in [6, 6.07) is 16.1. The average molecular weight is 391 g/mol. The second-order valence-corrected chi connectivity index (χ2v) is 8.82. The minimum Gasteiger partial charge on any atom is -0.507 e. The van der Waals surface area contributed by atoms with Crippen LogP contribution < -0.4 is 4.90 Å². The smallest absolute Gasteiger partial charge is 0.151 e. The molecule has 2 heterocycles. The predicted molar refractivity (Wildman–Crippen MR) is 119 cm³/mol. The molecule has 1 N–H and O–H groups in total. The highest BCUT2D eigenvalue weighted by molar-refractivity contribution is 5.89. The molecule has 2 aromatic carbocycles. The molecule has 0 spiro atoms. The highest BCUT2D eigenvalue weighted by Gasteiger charge is 2.41.